The average molecular weight is 393 g/mol. The first kappa shape index (κ1) is 17.8. The molecule has 1 aliphatic heterocycles. The summed E-state index contributed by atoms with van der Waals surface area (Å²) in [6.07, 6.45) is 5.47. The number of ether oxygens (including phenoxy) is 2. The van der Waals surface area contributed by atoms with Gasteiger partial charge in [0.05, 0.1) is 25.1 Å². The second kappa shape index (κ2) is 6.65. The summed E-state index contributed by atoms with van der Waals surface area (Å²) in [7, 11) is 3.18. The quantitative estimate of drug-likeness (QED) is 0.733. The molecular formula is C21H23N5O3. The molecule has 0 atom stereocenters. The van der Waals surface area contributed by atoms with Gasteiger partial charge in [-0.1, -0.05) is 0 Å². The van der Waals surface area contributed by atoms with Gasteiger partial charge in [-0.05, 0) is 31.0 Å². The van der Waals surface area contributed by atoms with Crippen LogP contribution in [0, 0.1) is 0 Å². The smallest absolute Gasteiger partial charge is 0.254 e. The van der Waals surface area contributed by atoms with Crippen molar-refractivity contribution in [3.8, 4) is 11.5 Å². The fourth-order valence-corrected chi connectivity index (χ4v) is 4.25. The van der Waals surface area contributed by atoms with Crippen LogP contribution in [0.3, 0.4) is 0 Å². The summed E-state index contributed by atoms with van der Waals surface area (Å²) in [6, 6.07) is 7.34. The highest BCUT2D eigenvalue weighted by atomic mass is 16.5. The van der Waals surface area contributed by atoms with E-state index in [9.17, 15) is 4.79 Å². The third-order valence-electron chi connectivity index (χ3n) is 5.95. The molecule has 2 aliphatic rings. The standard InChI is InChI=1S/C21H23N5O3/c1-28-15-9-14(10-16(11-15)29-2)20(27)26-8-7-25(12-21(26)4-5-21)19-17-3-6-22-18(17)23-13-24-19/h3,6,9-11,13H,4-5,7-8,12H2,1-2H3,(H,22,23,24). The topological polar surface area (TPSA) is 83.6 Å². The average Bonchev–Trinajstić information content (AvgIpc) is 3.34. The van der Waals surface area contributed by atoms with Crippen LogP contribution in [-0.2, 0) is 0 Å². The molecule has 1 saturated heterocycles. The van der Waals surface area contributed by atoms with E-state index in [1.807, 2.05) is 17.2 Å². The largest absolute Gasteiger partial charge is 0.497 e. The maximum Gasteiger partial charge on any atom is 0.254 e. The van der Waals surface area contributed by atoms with Crippen molar-refractivity contribution in [1.29, 1.82) is 0 Å². The first-order valence-electron chi connectivity index (χ1n) is 9.72. The van der Waals surface area contributed by atoms with E-state index in [4.69, 9.17) is 9.47 Å². The van der Waals surface area contributed by atoms with Crippen molar-refractivity contribution in [2.24, 2.45) is 0 Å². The predicted octanol–water partition coefficient (Wildman–Crippen LogP) is 2.47. The molecule has 1 aliphatic carbocycles. The lowest BCUT2D eigenvalue weighted by Gasteiger charge is -2.43. The molecule has 2 aromatic heterocycles. The number of methoxy groups -OCH3 is 2. The Bertz CT molecular complexity index is 1050. The number of nitrogens with zero attached hydrogens (tertiary/aromatic N) is 4. The van der Waals surface area contributed by atoms with E-state index >= 15 is 0 Å². The van der Waals surface area contributed by atoms with E-state index in [2.05, 4.69) is 19.9 Å². The van der Waals surface area contributed by atoms with Crippen molar-refractivity contribution < 1.29 is 14.3 Å². The number of hydrogen-bond acceptors (Lipinski definition) is 6. The summed E-state index contributed by atoms with van der Waals surface area (Å²) in [5, 5.41) is 1.01. The number of amides is 1. The molecular weight excluding hydrogens is 370 g/mol. The molecule has 8 nitrogen and oxygen atoms in total. The summed E-state index contributed by atoms with van der Waals surface area (Å²) in [5.74, 6) is 2.19. The van der Waals surface area contributed by atoms with Crippen LogP contribution >= 0.6 is 0 Å². The minimum atomic E-state index is -0.140. The van der Waals surface area contributed by atoms with Crippen LogP contribution in [0.5, 0.6) is 11.5 Å². The lowest BCUT2D eigenvalue weighted by Crippen LogP contribution is -2.57. The monoisotopic (exact) mass is 393 g/mol. The Morgan fingerprint density at radius 2 is 1.86 bits per heavy atom. The zero-order valence-corrected chi connectivity index (χ0v) is 16.5. The first-order chi connectivity index (χ1) is 14.1. The van der Waals surface area contributed by atoms with Crippen LogP contribution in [0.2, 0.25) is 0 Å². The van der Waals surface area contributed by atoms with E-state index in [0.29, 0.717) is 23.6 Å². The molecule has 1 spiro atoms. The maximum atomic E-state index is 13.4. The maximum absolute atomic E-state index is 13.4. The number of rotatable bonds is 4. The number of carbonyl (C=O) groups excluding carboxylic acids is 1. The molecule has 150 valence electrons. The number of carbonyl (C=O) groups is 1. The summed E-state index contributed by atoms with van der Waals surface area (Å²) >= 11 is 0. The van der Waals surface area contributed by atoms with Gasteiger partial charge in [-0.15, -0.1) is 0 Å². The van der Waals surface area contributed by atoms with Gasteiger partial charge in [-0.3, -0.25) is 4.79 Å². The van der Waals surface area contributed by atoms with Gasteiger partial charge in [0.15, 0.2) is 0 Å². The number of anilines is 1. The zero-order chi connectivity index (χ0) is 20.0. The van der Waals surface area contributed by atoms with E-state index in [1.165, 1.54) is 0 Å². The van der Waals surface area contributed by atoms with Crippen molar-refractivity contribution in [3.63, 3.8) is 0 Å². The molecule has 2 fully saturated rings. The van der Waals surface area contributed by atoms with Gasteiger partial charge >= 0.3 is 0 Å². The third-order valence-corrected chi connectivity index (χ3v) is 5.95. The molecule has 1 aromatic carbocycles. The summed E-state index contributed by atoms with van der Waals surface area (Å²) in [4.78, 5) is 29.6. The normalized spacial score (nSPS) is 17.6. The summed E-state index contributed by atoms with van der Waals surface area (Å²) in [6.45, 7) is 2.15. The zero-order valence-electron chi connectivity index (χ0n) is 16.5. The Balaban J connectivity index is 1.42. The van der Waals surface area contributed by atoms with Crippen LogP contribution in [0.4, 0.5) is 5.82 Å². The van der Waals surface area contributed by atoms with Crippen molar-refractivity contribution in [3.05, 3.63) is 42.4 Å². The Kier molecular flexibility index (Phi) is 4.08. The number of hydrogen-bond donors (Lipinski definition) is 1. The Morgan fingerprint density at radius 1 is 1.10 bits per heavy atom. The van der Waals surface area contributed by atoms with Gasteiger partial charge in [0.2, 0.25) is 0 Å². The molecule has 5 rings (SSSR count). The number of benzene rings is 1. The number of aromatic amines is 1. The van der Waals surface area contributed by atoms with Gasteiger partial charge in [0, 0.05) is 37.5 Å². The summed E-state index contributed by atoms with van der Waals surface area (Å²) in [5.41, 5.74) is 1.29. The number of nitrogens with one attached hydrogen (secondary N) is 1. The number of aromatic nitrogens is 3. The molecule has 29 heavy (non-hydrogen) atoms. The Labute approximate surface area is 168 Å². The van der Waals surface area contributed by atoms with Crippen LogP contribution < -0.4 is 14.4 Å². The van der Waals surface area contributed by atoms with Crippen molar-refractivity contribution >= 4 is 22.8 Å². The molecule has 1 amide bonds. The van der Waals surface area contributed by atoms with Crippen LogP contribution in [-0.4, -0.2) is 65.2 Å². The fraction of sp³-hybridized carbons (Fsp3) is 0.381. The number of H-pyrrole nitrogens is 1. The molecule has 0 unspecified atom stereocenters. The van der Waals surface area contributed by atoms with Crippen LogP contribution in [0.1, 0.15) is 23.2 Å². The van der Waals surface area contributed by atoms with E-state index in [1.54, 1.807) is 38.7 Å². The second-order valence-corrected chi connectivity index (χ2v) is 7.64. The lowest BCUT2D eigenvalue weighted by atomic mass is 10.1. The third kappa shape index (κ3) is 2.95. The van der Waals surface area contributed by atoms with E-state index in [0.717, 1.165) is 42.8 Å². The molecule has 8 heteroatoms. The van der Waals surface area contributed by atoms with Gasteiger partial charge < -0.3 is 24.3 Å². The molecule has 0 radical (unpaired) electrons. The van der Waals surface area contributed by atoms with Gasteiger partial charge in [0.1, 0.15) is 29.3 Å². The van der Waals surface area contributed by atoms with Crippen molar-refractivity contribution in [2.75, 3.05) is 38.8 Å². The number of piperazine rings is 1. The van der Waals surface area contributed by atoms with Gasteiger partial charge in [0.25, 0.3) is 5.91 Å². The molecule has 3 aromatic rings. The van der Waals surface area contributed by atoms with Gasteiger partial charge in [-0.2, -0.15) is 0 Å². The fourth-order valence-electron chi connectivity index (χ4n) is 4.25. The molecule has 1 saturated carbocycles. The lowest BCUT2D eigenvalue weighted by molar-refractivity contribution is 0.0623. The second-order valence-electron chi connectivity index (χ2n) is 7.64. The minimum Gasteiger partial charge on any atom is -0.497 e. The predicted molar refractivity (Wildman–Crippen MR) is 109 cm³/mol. The highest BCUT2D eigenvalue weighted by Gasteiger charge is 2.53. The van der Waals surface area contributed by atoms with Crippen LogP contribution in [0.25, 0.3) is 11.0 Å². The Morgan fingerprint density at radius 3 is 2.55 bits per heavy atom. The van der Waals surface area contributed by atoms with Crippen molar-refractivity contribution in [2.45, 2.75) is 18.4 Å². The minimum absolute atomic E-state index is 0.0221. The van der Waals surface area contributed by atoms with E-state index < -0.39 is 0 Å². The highest BCUT2D eigenvalue weighted by Crippen LogP contribution is 2.46. The van der Waals surface area contributed by atoms with E-state index in [-0.39, 0.29) is 11.4 Å². The number of fused-ring (bicyclic) bond motifs is 1. The molecule has 0 bridgehead atoms. The Hall–Kier alpha value is -3.29. The molecule has 3 heterocycles. The van der Waals surface area contributed by atoms with Crippen LogP contribution in [0.15, 0.2) is 36.8 Å². The molecule has 1 N–H and O–H groups in total. The SMILES string of the molecule is COc1cc(OC)cc(C(=O)N2CCN(c3ncnc4[nH]ccc34)CC23CC3)c1. The summed E-state index contributed by atoms with van der Waals surface area (Å²) < 4.78 is 10.7. The van der Waals surface area contributed by atoms with Gasteiger partial charge in [-0.25, -0.2) is 9.97 Å². The first-order valence-corrected chi connectivity index (χ1v) is 9.72. The highest BCUT2D eigenvalue weighted by molar-refractivity contribution is 5.96. The van der Waals surface area contributed by atoms with Crippen molar-refractivity contribution in [1.82, 2.24) is 19.9 Å².